The van der Waals surface area contributed by atoms with Crippen LogP contribution < -0.4 is 9.47 Å². The van der Waals surface area contributed by atoms with Crippen LogP contribution >= 0.6 is 15.9 Å². The van der Waals surface area contributed by atoms with Crippen molar-refractivity contribution in [2.45, 2.75) is 89.1 Å². The van der Waals surface area contributed by atoms with Crippen molar-refractivity contribution in [1.82, 2.24) is 14.8 Å². The summed E-state index contributed by atoms with van der Waals surface area (Å²) in [6.07, 6.45) is 2.92. The molecule has 3 aliphatic rings. The van der Waals surface area contributed by atoms with Crippen molar-refractivity contribution in [1.29, 1.82) is 0 Å². The maximum Gasteiger partial charge on any atom is 0.407 e. The van der Waals surface area contributed by atoms with Crippen LogP contribution in [0.25, 0.3) is 10.9 Å². The minimum Gasteiger partial charge on any atom is -0.483 e. The number of rotatable bonds is 11. The first-order chi connectivity index (χ1) is 20.6. The van der Waals surface area contributed by atoms with E-state index in [4.69, 9.17) is 19.2 Å². The van der Waals surface area contributed by atoms with Crippen LogP contribution in [0.1, 0.15) is 75.7 Å². The van der Waals surface area contributed by atoms with E-state index >= 15 is 0 Å². The number of benzene rings is 2. The van der Waals surface area contributed by atoms with Gasteiger partial charge in [-0.15, -0.1) is 0 Å². The molecule has 3 aromatic rings. The first kappa shape index (κ1) is 30.2. The van der Waals surface area contributed by atoms with Crippen molar-refractivity contribution in [2.75, 3.05) is 26.8 Å². The molecular formula is C34H42BrN3O5. The molecule has 0 unspecified atom stereocenters. The number of amides is 1. The lowest BCUT2D eigenvalue weighted by Gasteiger charge is -2.43. The number of hydrogen-bond donors (Lipinski definition) is 1. The van der Waals surface area contributed by atoms with Gasteiger partial charge in [-0.2, -0.15) is 0 Å². The Balaban J connectivity index is 1.41. The molecule has 1 amide bonds. The van der Waals surface area contributed by atoms with Crippen LogP contribution in [-0.2, 0) is 11.2 Å². The third-order valence-corrected chi connectivity index (χ3v) is 10.2. The number of carboxylic acid groups (broad SMARTS) is 1. The van der Waals surface area contributed by atoms with Crippen LogP contribution in [-0.4, -0.2) is 76.5 Å². The Kier molecular flexibility index (Phi) is 8.35. The monoisotopic (exact) mass is 651 g/mol. The molecule has 4 atom stereocenters. The zero-order valence-electron chi connectivity index (χ0n) is 25.7. The summed E-state index contributed by atoms with van der Waals surface area (Å²) in [6, 6.07) is 14.9. The molecule has 3 heterocycles. The number of halogens is 1. The van der Waals surface area contributed by atoms with Gasteiger partial charge in [-0.05, 0) is 98.0 Å². The van der Waals surface area contributed by atoms with Crippen LogP contribution in [0, 0.1) is 0 Å². The van der Waals surface area contributed by atoms with E-state index in [0.717, 1.165) is 51.6 Å². The fourth-order valence-corrected chi connectivity index (χ4v) is 7.56. The van der Waals surface area contributed by atoms with Gasteiger partial charge in [-0.25, -0.2) is 9.78 Å². The molecular weight excluding hydrogens is 610 g/mol. The van der Waals surface area contributed by atoms with Gasteiger partial charge in [0.1, 0.15) is 18.2 Å². The van der Waals surface area contributed by atoms with Crippen molar-refractivity contribution >= 4 is 32.9 Å². The Morgan fingerprint density at radius 1 is 1.14 bits per heavy atom. The molecule has 1 saturated carbocycles. The van der Waals surface area contributed by atoms with Crippen molar-refractivity contribution in [3.63, 3.8) is 0 Å². The van der Waals surface area contributed by atoms with Gasteiger partial charge in [-0.3, -0.25) is 4.90 Å². The lowest BCUT2D eigenvalue weighted by atomic mass is 9.89. The van der Waals surface area contributed by atoms with Gasteiger partial charge in [0, 0.05) is 49.3 Å². The Morgan fingerprint density at radius 2 is 1.88 bits per heavy atom. The first-order valence-corrected chi connectivity index (χ1v) is 16.1. The average Bonchev–Trinajstić information content (AvgIpc) is 3.62. The molecule has 1 N–H and O–H groups in total. The summed E-state index contributed by atoms with van der Waals surface area (Å²) < 4.78 is 19.4. The number of hydrogen-bond acceptors (Lipinski definition) is 6. The summed E-state index contributed by atoms with van der Waals surface area (Å²) in [5, 5.41) is 10.7. The molecule has 0 spiro atoms. The normalized spacial score (nSPS) is 21.8. The second kappa shape index (κ2) is 11.9. The van der Waals surface area contributed by atoms with E-state index in [1.54, 1.807) is 12.0 Å². The lowest BCUT2D eigenvalue weighted by molar-refractivity contribution is 0.0472. The fourth-order valence-electron chi connectivity index (χ4n) is 6.84. The Morgan fingerprint density at radius 3 is 2.51 bits per heavy atom. The minimum atomic E-state index is -0.812. The van der Waals surface area contributed by atoms with Gasteiger partial charge in [0.25, 0.3) is 0 Å². The second-order valence-electron chi connectivity index (χ2n) is 13.0. The number of piperazine rings is 1. The predicted molar refractivity (Wildman–Crippen MR) is 170 cm³/mol. The van der Waals surface area contributed by atoms with Crippen LogP contribution in [0.15, 0.2) is 46.9 Å². The molecule has 9 heteroatoms. The van der Waals surface area contributed by atoms with Gasteiger partial charge in [-0.1, -0.05) is 30.3 Å². The van der Waals surface area contributed by atoms with Crippen molar-refractivity contribution in [3.8, 4) is 11.6 Å². The van der Waals surface area contributed by atoms with Crippen molar-refractivity contribution < 1.29 is 24.1 Å². The number of ether oxygens (including phenoxy) is 3. The van der Waals surface area contributed by atoms with E-state index in [-0.39, 0.29) is 29.8 Å². The van der Waals surface area contributed by atoms with Gasteiger partial charge in [0.05, 0.1) is 10.6 Å². The van der Waals surface area contributed by atoms with E-state index in [2.05, 4.69) is 65.9 Å². The highest BCUT2D eigenvalue weighted by atomic mass is 79.9. The molecule has 2 aromatic carbocycles. The first-order valence-electron chi connectivity index (χ1n) is 15.3. The fraction of sp³-hybridized carbons (Fsp3) is 0.529. The number of likely N-dealkylation sites (tertiary alicyclic amines) is 2. The molecule has 8 nitrogen and oxygen atoms in total. The summed E-state index contributed by atoms with van der Waals surface area (Å²) in [7, 11) is 1.68. The quantitative estimate of drug-likeness (QED) is 0.235. The molecule has 3 fully saturated rings. The number of nitrogens with zero attached hydrogens (tertiary/aromatic N) is 3. The highest BCUT2D eigenvalue weighted by molar-refractivity contribution is 9.10. The predicted octanol–water partition coefficient (Wildman–Crippen LogP) is 7.19. The van der Waals surface area contributed by atoms with E-state index in [1.807, 2.05) is 25.1 Å². The van der Waals surface area contributed by atoms with Crippen molar-refractivity contribution in [2.24, 2.45) is 0 Å². The standard InChI is InChI=1S/C34H42BrN3O5/c1-20(41-5)19-42-29-13-24(16-34(3,4)38-18-25-14-26(38)17-37(25)33(39)40)28-15-27(23-11-12-23)30(35)32(31(28)36-29)43-21(2)22-9-7-6-8-10-22/h6-10,13,15,20-21,23,25-26H,11-12,14,16-19H2,1-5H3,(H,39,40)/t20-,21-,25-,26-/m0/s1. The van der Waals surface area contributed by atoms with Gasteiger partial charge in [0.2, 0.25) is 5.88 Å². The van der Waals surface area contributed by atoms with E-state index < -0.39 is 6.09 Å². The molecule has 1 aromatic heterocycles. The second-order valence-corrected chi connectivity index (χ2v) is 13.8. The van der Waals surface area contributed by atoms with E-state index in [1.165, 1.54) is 18.4 Å². The van der Waals surface area contributed by atoms with Crippen LogP contribution in [0.5, 0.6) is 11.6 Å². The molecule has 2 saturated heterocycles. The third-order valence-electron chi connectivity index (χ3n) is 9.42. The zero-order chi connectivity index (χ0) is 30.5. The molecule has 2 bridgehead atoms. The highest BCUT2D eigenvalue weighted by Gasteiger charge is 2.49. The molecule has 1 aliphatic carbocycles. The number of fused-ring (bicyclic) bond motifs is 3. The molecule has 43 heavy (non-hydrogen) atoms. The largest absolute Gasteiger partial charge is 0.483 e. The molecule has 6 rings (SSSR count). The number of pyridine rings is 1. The summed E-state index contributed by atoms with van der Waals surface area (Å²) in [5.74, 6) is 1.80. The van der Waals surface area contributed by atoms with Crippen LogP contribution in [0.2, 0.25) is 0 Å². The zero-order valence-corrected chi connectivity index (χ0v) is 27.3. The summed E-state index contributed by atoms with van der Waals surface area (Å²) in [4.78, 5) is 20.9. The molecule has 230 valence electrons. The van der Waals surface area contributed by atoms with Crippen LogP contribution in [0.3, 0.4) is 0 Å². The maximum atomic E-state index is 11.7. The molecule has 2 aliphatic heterocycles. The Labute approximate surface area is 262 Å². The average molecular weight is 653 g/mol. The molecule has 0 radical (unpaired) electrons. The van der Waals surface area contributed by atoms with E-state index in [0.29, 0.717) is 24.9 Å². The van der Waals surface area contributed by atoms with Crippen molar-refractivity contribution in [3.05, 3.63) is 63.6 Å². The summed E-state index contributed by atoms with van der Waals surface area (Å²) in [5.41, 5.74) is 4.09. The van der Waals surface area contributed by atoms with Crippen LogP contribution in [0.4, 0.5) is 4.79 Å². The smallest absolute Gasteiger partial charge is 0.407 e. The third kappa shape index (κ3) is 6.08. The number of aromatic nitrogens is 1. The SMILES string of the molecule is CO[C@@H](C)COc1cc(CC(C)(C)N2C[C@@H]3C[C@H]2CN3C(=O)O)c2cc(C3CC3)c(Br)c(O[C@@H](C)c3ccccc3)c2n1. The Bertz CT molecular complexity index is 1490. The maximum absolute atomic E-state index is 11.7. The number of carbonyl (C=O) groups is 1. The summed E-state index contributed by atoms with van der Waals surface area (Å²) >= 11 is 3.93. The topological polar surface area (TPSA) is 84.4 Å². The lowest BCUT2D eigenvalue weighted by Crippen LogP contribution is -2.56. The van der Waals surface area contributed by atoms with Gasteiger partial charge in [0.15, 0.2) is 5.75 Å². The Hall–Kier alpha value is -2.88. The van der Waals surface area contributed by atoms with Gasteiger partial charge >= 0.3 is 6.09 Å². The van der Waals surface area contributed by atoms with Gasteiger partial charge < -0.3 is 24.2 Å². The van der Waals surface area contributed by atoms with E-state index in [9.17, 15) is 9.90 Å². The minimum absolute atomic E-state index is 0.0577. The summed E-state index contributed by atoms with van der Waals surface area (Å²) in [6.45, 7) is 10.3. The highest BCUT2D eigenvalue weighted by Crippen LogP contribution is 2.50. The number of methoxy groups -OCH3 is 1.